The first-order valence-corrected chi connectivity index (χ1v) is 7.16. The zero-order valence-corrected chi connectivity index (χ0v) is 14.2. The maximum absolute atomic E-state index is 11.8. The maximum atomic E-state index is 11.8. The van der Waals surface area contributed by atoms with Crippen LogP contribution in [0.25, 0.3) is 0 Å². The number of benzene rings is 1. The highest BCUT2D eigenvalue weighted by Gasteiger charge is 2.16. The predicted molar refractivity (Wildman–Crippen MR) is 90.9 cm³/mol. The molecule has 0 aliphatic carbocycles. The Kier molecular flexibility index (Phi) is 8.75. The molecule has 1 aromatic carbocycles. The van der Waals surface area contributed by atoms with Crippen LogP contribution in [0, 0.1) is 0 Å². The van der Waals surface area contributed by atoms with E-state index >= 15 is 0 Å². The molecule has 0 heterocycles. The number of carbonyl (C=O) groups excluding carboxylic acids is 2. The second-order valence-electron chi connectivity index (χ2n) is 6.14. The summed E-state index contributed by atoms with van der Waals surface area (Å²) in [6.45, 7) is 6.04. The van der Waals surface area contributed by atoms with Crippen LogP contribution in [-0.2, 0) is 16.0 Å². The van der Waals surface area contributed by atoms with Crippen molar-refractivity contribution in [3.05, 3.63) is 35.9 Å². The fourth-order valence-corrected chi connectivity index (χ4v) is 1.87. The number of amides is 2. The van der Waals surface area contributed by atoms with Gasteiger partial charge in [0, 0.05) is 18.5 Å². The third kappa shape index (κ3) is 8.64. The lowest BCUT2D eigenvalue weighted by molar-refractivity contribution is -0.123. The molecule has 0 bridgehead atoms. The number of nitrogens with one attached hydrogen (secondary N) is 2. The SMILES string of the molecule is CC(C)(C)NC(=O)CCNC(=O)[C@@H](N)Cc1ccccc1.Cl. The number of hydrogen-bond donors (Lipinski definition) is 3. The molecule has 6 heteroatoms. The second kappa shape index (κ2) is 9.43. The van der Waals surface area contributed by atoms with E-state index in [1.807, 2.05) is 51.1 Å². The summed E-state index contributed by atoms with van der Waals surface area (Å²) in [6, 6.07) is 9.02. The van der Waals surface area contributed by atoms with Crippen molar-refractivity contribution in [3.8, 4) is 0 Å². The highest BCUT2D eigenvalue weighted by atomic mass is 35.5. The summed E-state index contributed by atoms with van der Waals surface area (Å²) < 4.78 is 0. The standard InChI is InChI=1S/C16H25N3O2.ClH/c1-16(2,3)19-14(20)9-10-18-15(21)13(17)11-12-7-5-4-6-8-12;/h4-8,13H,9-11,17H2,1-3H3,(H,18,21)(H,19,20);1H/t13-;/m0./s1. The van der Waals surface area contributed by atoms with E-state index in [0.29, 0.717) is 13.0 Å². The number of rotatable bonds is 6. The normalized spacial score (nSPS) is 12.0. The Morgan fingerprint density at radius 3 is 2.32 bits per heavy atom. The van der Waals surface area contributed by atoms with Crippen molar-refractivity contribution in [2.75, 3.05) is 6.54 Å². The van der Waals surface area contributed by atoms with Crippen LogP contribution < -0.4 is 16.4 Å². The Labute approximate surface area is 138 Å². The van der Waals surface area contributed by atoms with E-state index in [4.69, 9.17) is 5.73 Å². The van der Waals surface area contributed by atoms with Gasteiger partial charge < -0.3 is 16.4 Å². The molecule has 1 rings (SSSR count). The van der Waals surface area contributed by atoms with Crippen molar-refractivity contribution in [3.63, 3.8) is 0 Å². The van der Waals surface area contributed by atoms with Gasteiger partial charge in [0.05, 0.1) is 6.04 Å². The molecule has 0 radical (unpaired) electrons. The highest BCUT2D eigenvalue weighted by molar-refractivity contribution is 5.85. The number of carbonyl (C=O) groups is 2. The number of halogens is 1. The minimum absolute atomic E-state index is 0. The predicted octanol–water partition coefficient (Wildman–Crippen LogP) is 1.40. The van der Waals surface area contributed by atoms with E-state index in [1.165, 1.54) is 0 Å². The quantitative estimate of drug-likeness (QED) is 0.738. The minimum atomic E-state index is -0.599. The maximum Gasteiger partial charge on any atom is 0.237 e. The van der Waals surface area contributed by atoms with E-state index < -0.39 is 6.04 Å². The van der Waals surface area contributed by atoms with Gasteiger partial charge in [0.2, 0.25) is 11.8 Å². The summed E-state index contributed by atoms with van der Waals surface area (Å²) in [5, 5.41) is 5.54. The summed E-state index contributed by atoms with van der Waals surface area (Å²) in [4.78, 5) is 23.5. The fraction of sp³-hybridized carbons (Fsp3) is 0.500. The number of nitrogens with two attached hydrogens (primary N) is 1. The molecule has 0 spiro atoms. The average Bonchev–Trinajstić information content (AvgIpc) is 2.37. The molecule has 0 fully saturated rings. The zero-order valence-electron chi connectivity index (χ0n) is 13.4. The van der Waals surface area contributed by atoms with E-state index in [9.17, 15) is 9.59 Å². The molecule has 4 N–H and O–H groups in total. The van der Waals surface area contributed by atoms with Gasteiger partial charge in [-0.3, -0.25) is 9.59 Å². The van der Waals surface area contributed by atoms with Crippen molar-refractivity contribution in [1.29, 1.82) is 0 Å². The Morgan fingerprint density at radius 1 is 1.18 bits per heavy atom. The van der Waals surface area contributed by atoms with Crippen LogP contribution >= 0.6 is 12.4 Å². The van der Waals surface area contributed by atoms with E-state index in [0.717, 1.165) is 5.56 Å². The molecule has 0 aliphatic rings. The second-order valence-corrected chi connectivity index (χ2v) is 6.14. The van der Waals surface area contributed by atoms with Gasteiger partial charge in [-0.05, 0) is 32.8 Å². The Bertz CT molecular complexity index is 472. The molecular formula is C16H26ClN3O2. The van der Waals surface area contributed by atoms with Gasteiger partial charge in [-0.1, -0.05) is 30.3 Å². The topological polar surface area (TPSA) is 84.2 Å². The highest BCUT2D eigenvalue weighted by Crippen LogP contribution is 2.02. The Morgan fingerprint density at radius 2 is 1.77 bits per heavy atom. The van der Waals surface area contributed by atoms with Crippen LogP contribution in [0.5, 0.6) is 0 Å². The Hall–Kier alpha value is -1.59. The van der Waals surface area contributed by atoms with Crippen LogP contribution in [0.4, 0.5) is 0 Å². The van der Waals surface area contributed by atoms with Crippen LogP contribution in [0.2, 0.25) is 0 Å². The monoisotopic (exact) mass is 327 g/mol. The minimum Gasteiger partial charge on any atom is -0.354 e. The summed E-state index contributed by atoms with van der Waals surface area (Å²) >= 11 is 0. The molecule has 2 amide bonds. The number of hydrogen-bond acceptors (Lipinski definition) is 3. The van der Waals surface area contributed by atoms with Gasteiger partial charge in [0.25, 0.3) is 0 Å². The van der Waals surface area contributed by atoms with Gasteiger partial charge >= 0.3 is 0 Å². The Balaban J connectivity index is 0.00000441. The molecule has 0 aromatic heterocycles. The molecular weight excluding hydrogens is 302 g/mol. The van der Waals surface area contributed by atoms with Crippen molar-refractivity contribution < 1.29 is 9.59 Å². The van der Waals surface area contributed by atoms with Crippen molar-refractivity contribution in [2.24, 2.45) is 5.73 Å². The lowest BCUT2D eigenvalue weighted by atomic mass is 10.1. The molecule has 0 saturated carbocycles. The van der Waals surface area contributed by atoms with E-state index in [1.54, 1.807) is 0 Å². The molecule has 1 aromatic rings. The summed E-state index contributed by atoms with van der Waals surface area (Å²) in [6.07, 6.45) is 0.738. The lowest BCUT2D eigenvalue weighted by Crippen LogP contribution is -2.45. The third-order valence-corrected chi connectivity index (χ3v) is 2.80. The third-order valence-electron chi connectivity index (χ3n) is 2.80. The molecule has 0 aliphatic heterocycles. The van der Waals surface area contributed by atoms with Crippen LogP contribution in [-0.4, -0.2) is 29.9 Å². The summed E-state index contributed by atoms with van der Waals surface area (Å²) in [5.41, 5.74) is 6.62. The molecule has 0 unspecified atom stereocenters. The van der Waals surface area contributed by atoms with E-state index in [-0.39, 0.29) is 36.2 Å². The average molecular weight is 328 g/mol. The summed E-state index contributed by atoms with van der Waals surface area (Å²) in [5.74, 6) is -0.318. The van der Waals surface area contributed by atoms with Gasteiger partial charge in [0.1, 0.15) is 0 Å². The molecule has 1 atom stereocenters. The van der Waals surface area contributed by atoms with Gasteiger partial charge in [-0.25, -0.2) is 0 Å². The molecule has 22 heavy (non-hydrogen) atoms. The molecule has 124 valence electrons. The van der Waals surface area contributed by atoms with E-state index in [2.05, 4.69) is 10.6 Å². The largest absolute Gasteiger partial charge is 0.354 e. The zero-order chi connectivity index (χ0) is 15.9. The first kappa shape index (κ1) is 20.4. The van der Waals surface area contributed by atoms with Crippen molar-refractivity contribution in [1.82, 2.24) is 10.6 Å². The first-order chi connectivity index (χ1) is 9.78. The van der Waals surface area contributed by atoms with Gasteiger partial charge in [-0.2, -0.15) is 0 Å². The van der Waals surface area contributed by atoms with Crippen LogP contribution in [0.3, 0.4) is 0 Å². The first-order valence-electron chi connectivity index (χ1n) is 7.16. The smallest absolute Gasteiger partial charge is 0.237 e. The lowest BCUT2D eigenvalue weighted by Gasteiger charge is -2.20. The van der Waals surface area contributed by atoms with Crippen LogP contribution in [0.1, 0.15) is 32.8 Å². The fourth-order valence-electron chi connectivity index (χ4n) is 1.87. The van der Waals surface area contributed by atoms with Crippen molar-refractivity contribution in [2.45, 2.75) is 45.2 Å². The van der Waals surface area contributed by atoms with Crippen LogP contribution in [0.15, 0.2) is 30.3 Å². The van der Waals surface area contributed by atoms with Gasteiger partial charge in [0.15, 0.2) is 0 Å². The van der Waals surface area contributed by atoms with Gasteiger partial charge in [-0.15, -0.1) is 12.4 Å². The summed E-state index contributed by atoms with van der Waals surface area (Å²) in [7, 11) is 0. The van der Waals surface area contributed by atoms with Crippen molar-refractivity contribution >= 4 is 24.2 Å². The molecule has 0 saturated heterocycles. The molecule has 5 nitrogen and oxygen atoms in total.